The zero-order valence-electron chi connectivity index (χ0n) is 12.8. The Kier molecular flexibility index (Phi) is 5.38. The predicted octanol–water partition coefficient (Wildman–Crippen LogP) is 1.37. The van der Waals surface area contributed by atoms with E-state index < -0.39 is 18.2 Å². The first kappa shape index (κ1) is 16.3. The topological polar surface area (TPSA) is 76.1 Å². The Bertz CT molecular complexity index is 545. The lowest BCUT2D eigenvalue weighted by molar-refractivity contribution is -0.152. The van der Waals surface area contributed by atoms with Gasteiger partial charge < -0.3 is 19.5 Å². The first-order valence-electron chi connectivity index (χ1n) is 7.38. The van der Waals surface area contributed by atoms with Gasteiger partial charge in [0.25, 0.3) is 0 Å². The van der Waals surface area contributed by atoms with Gasteiger partial charge >= 0.3 is 11.9 Å². The molecule has 1 N–H and O–H groups in total. The number of rotatable bonds is 4. The largest absolute Gasteiger partial charge is 0.462 e. The van der Waals surface area contributed by atoms with Gasteiger partial charge in [0.15, 0.2) is 0 Å². The summed E-state index contributed by atoms with van der Waals surface area (Å²) in [6.07, 6.45) is -0.715. The maximum Gasteiger partial charge on any atom is 0.338 e. The number of aliphatic hydroxyl groups is 1. The average Bonchev–Trinajstić information content (AvgIpc) is 2.49. The molecule has 1 aromatic rings. The average molecular weight is 307 g/mol. The van der Waals surface area contributed by atoms with Crippen LogP contribution in [0.25, 0.3) is 0 Å². The second-order valence-electron chi connectivity index (χ2n) is 5.22. The Labute approximate surface area is 129 Å². The molecule has 2 rings (SSSR count). The molecule has 0 amide bonds. The van der Waals surface area contributed by atoms with Gasteiger partial charge in [0, 0.05) is 19.2 Å². The van der Waals surface area contributed by atoms with Crippen molar-refractivity contribution in [1.82, 2.24) is 0 Å². The van der Waals surface area contributed by atoms with Gasteiger partial charge in [-0.3, -0.25) is 4.79 Å². The second-order valence-corrected chi connectivity index (χ2v) is 5.22. The molecule has 0 aromatic heterocycles. The monoisotopic (exact) mass is 307 g/mol. The molecule has 6 heteroatoms. The molecule has 1 saturated heterocycles. The van der Waals surface area contributed by atoms with Crippen LogP contribution in [-0.2, 0) is 14.3 Å². The molecule has 1 aliphatic heterocycles. The van der Waals surface area contributed by atoms with E-state index >= 15 is 0 Å². The number of hydrogen-bond donors (Lipinski definition) is 1. The number of esters is 2. The van der Waals surface area contributed by atoms with Gasteiger partial charge in [0.05, 0.1) is 24.8 Å². The number of benzene rings is 1. The first-order valence-corrected chi connectivity index (χ1v) is 7.38. The molecule has 2 atom stereocenters. The van der Waals surface area contributed by atoms with Gasteiger partial charge in [0.2, 0.25) is 0 Å². The van der Waals surface area contributed by atoms with Crippen molar-refractivity contribution < 1.29 is 24.2 Å². The van der Waals surface area contributed by atoms with Crippen LogP contribution in [0.2, 0.25) is 0 Å². The van der Waals surface area contributed by atoms with E-state index in [-0.39, 0.29) is 5.97 Å². The van der Waals surface area contributed by atoms with Crippen molar-refractivity contribution in [2.45, 2.75) is 32.5 Å². The van der Waals surface area contributed by atoms with Crippen LogP contribution < -0.4 is 4.90 Å². The molecule has 120 valence electrons. The smallest absolute Gasteiger partial charge is 0.338 e. The van der Waals surface area contributed by atoms with Crippen LogP contribution >= 0.6 is 0 Å². The zero-order valence-corrected chi connectivity index (χ0v) is 12.8. The molecule has 1 heterocycles. The van der Waals surface area contributed by atoms with E-state index in [9.17, 15) is 14.7 Å². The van der Waals surface area contributed by atoms with Gasteiger partial charge in [-0.25, -0.2) is 4.79 Å². The van der Waals surface area contributed by atoms with E-state index in [1.165, 1.54) is 6.92 Å². The normalized spacial score (nSPS) is 21.3. The van der Waals surface area contributed by atoms with Gasteiger partial charge in [-0.1, -0.05) is 6.07 Å². The maximum absolute atomic E-state index is 11.8. The highest BCUT2D eigenvalue weighted by molar-refractivity contribution is 5.90. The van der Waals surface area contributed by atoms with E-state index in [1.807, 2.05) is 11.0 Å². The molecular formula is C16H21NO5. The van der Waals surface area contributed by atoms with Crippen molar-refractivity contribution in [2.75, 3.05) is 24.6 Å². The molecule has 6 nitrogen and oxygen atoms in total. The Morgan fingerprint density at radius 1 is 1.41 bits per heavy atom. The van der Waals surface area contributed by atoms with E-state index in [4.69, 9.17) is 9.47 Å². The summed E-state index contributed by atoms with van der Waals surface area (Å²) in [5.74, 6) is -0.774. The third-order valence-corrected chi connectivity index (χ3v) is 3.56. The number of ether oxygens (including phenoxy) is 2. The molecule has 0 spiro atoms. The van der Waals surface area contributed by atoms with Crippen LogP contribution in [-0.4, -0.2) is 48.9 Å². The van der Waals surface area contributed by atoms with Crippen LogP contribution in [0.1, 0.15) is 30.6 Å². The Morgan fingerprint density at radius 3 is 2.86 bits per heavy atom. The summed E-state index contributed by atoms with van der Waals surface area (Å²) in [5.41, 5.74) is 1.32. The van der Waals surface area contributed by atoms with Crippen molar-refractivity contribution in [3.05, 3.63) is 29.8 Å². The number of hydrogen-bond acceptors (Lipinski definition) is 6. The molecule has 0 radical (unpaired) electrons. The molecule has 1 fully saturated rings. The van der Waals surface area contributed by atoms with E-state index in [2.05, 4.69) is 0 Å². The summed E-state index contributed by atoms with van der Waals surface area (Å²) in [5, 5.41) is 9.92. The summed E-state index contributed by atoms with van der Waals surface area (Å²) >= 11 is 0. The van der Waals surface area contributed by atoms with Gasteiger partial charge in [0.1, 0.15) is 6.10 Å². The molecular weight excluding hydrogens is 286 g/mol. The fourth-order valence-electron chi connectivity index (χ4n) is 2.51. The summed E-state index contributed by atoms with van der Waals surface area (Å²) in [7, 11) is 0. The third-order valence-electron chi connectivity index (χ3n) is 3.56. The minimum Gasteiger partial charge on any atom is -0.462 e. The van der Waals surface area contributed by atoms with Crippen molar-refractivity contribution in [1.29, 1.82) is 0 Å². The van der Waals surface area contributed by atoms with Crippen LogP contribution in [0.4, 0.5) is 5.69 Å². The van der Waals surface area contributed by atoms with Crippen LogP contribution in [0, 0.1) is 0 Å². The van der Waals surface area contributed by atoms with Crippen LogP contribution in [0.5, 0.6) is 0 Å². The number of carbonyl (C=O) groups is 2. The van der Waals surface area contributed by atoms with Crippen molar-refractivity contribution in [2.24, 2.45) is 0 Å². The van der Waals surface area contributed by atoms with Crippen molar-refractivity contribution in [3.8, 4) is 0 Å². The molecule has 1 aromatic carbocycles. The lowest BCUT2D eigenvalue weighted by Crippen LogP contribution is -2.48. The summed E-state index contributed by atoms with van der Waals surface area (Å²) in [6, 6.07) is 7.11. The lowest BCUT2D eigenvalue weighted by Gasteiger charge is -2.36. The lowest BCUT2D eigenvalue weighted by atomic mass is 10.0. The Balaban J connectivity index is 2.12. The number of carbonyl (C=O) groups excluding carboxylic acids is 2. The summed E-state index contributed by atoms with van der Waals surface area (Å²) in [6.45, 7) is 4.44. The van der Waals surface area contributed by atoms with Gasteiger partial charge in [-0.2, -0.15) is 0 Å². The summed E-state index contributed by atoms with van der Waals surface area (Å²) < 4.78 is 10.1. The maximum atomic E-state index is 11.8. The minimum absolute atomic E-state index is 0.327. The fourth-order valence-corrected chi connectivity index (χ4v) is 2.51. The van der Waals surface area contributed by atoms with Gasteiger partial charge in [-0.15, -0.1) is 0 Å². The van der Waals surface area contributed by atoms with Crippen LogP contribution in [0.3, 0.4) is 0 Å². The Hall–Kier alpha value is -2.08. The van der Waals surface area contributed by atoms with E-state index in [1.54, 1.807) is 25.1 Å². The van der Waals surface area contributed by atoms with Crippen molar-refractivity contribution in [3.63, 3.8) is 0 Å². The highest BCUT2D eigenvalue weighted by Gasteiger charge is 2.30. The molecule has 0 bridgehead atoms. The Morgan fingerprint density at radius 2 is 2.18 bits per heavy atom. The highest BCUT2D eigenvalue weighted by Crippen LogP contribution is 2.23. The second kappa shape index (κ2) is 7.26. The molecule has 0 saturated carbocycles. The summed E-state index contributed by atoms with van der Waals surface area (Å²) in [4.78, 5) is 24.9. The molecule has 22 heavy (non-hydrogen) atoms. The molecule has 0 aliphatic carbocycles. The number of piperidine rings is 1. The van der Waals surface area contributed by atoms with E-state index in [0.717, 1.165) is 5.69 Å². The van der Waals surface area contributed by atoms with E-state index in [0.29, 0.717) is 31.7 Å². The minimum atomic E-state index is -0.659. The number of nitrogens with zero attached hydrogens (tertiary/aromatic N) is 1. The quantitative estimate of drug-likeness (QED) is 0.847. The first-order chi connectivity index (χ1) is 10.5. The third kappa shape index (κ3) is 3.98. The standard InChI is InChI=1S/C16H21NO5/c1-3-21-16(20)12-5-4-6-13(9-12)17-8-7-14(19)15(10-17)22-11(2)18/h4-6,9,14-15,19H,3,7-8,10H2,1-2H3/t14-,15+/m0/s1. The highest BCUT2D eigenvalue weighted by atomic mass is 16.6. The fraction of sp³-hybridized carbons (Fsp3) is 0.500. The number of aliphatic hydroxyl groups excluding tert-OH is 1. The molecule has 0 unspecified atom stereocenters. The van der Waals surface area contributed by atoms with Crippen LogP contribution in [0.15, 0.2) is 24.3 Å². The number of anilines is 1. The predicted molar refractivity (Wildman–Crippen MR) is 80.8 cm³/mol. The zero-order chi connectivity index (χ0) is 16.1. The van der Waals surface area contributed by atoms with Gasteiger partial charge in [-0.05, 0) is 31.5 Å². The SMILES string of the molecule is CCOC(=O)c1cccc(N2CC[C@H](O)[C@H](OC(C)=O)C2)c1. The van der Waals surface area contributed by atoms with Crippen molar-refractivity contribution >= 4 is 17.6 Å². The molecule has 1 aliphatic rings.